The topological polar surface area (TPSA) is 26.3 Å². The number of hydrogen-bond acceptors (Lipinski definition) is 2. The summed E-state index contributed by atoms with van der Waals surface area (Å²) < 4.78 is 12.0. The molecule has 9 aromatic rings. The summed E-state index contributed by atoms with van der Waals surface area (Å²) in [6.07, 6.45) is 3.75. The van der Waals surface area contributed by atoms with Crippen molar-refractivity contribution < 1.29 is 8.83 Å². The lowest BCUT2D eigenvalue weighted by molar-refractivity contribution is 0.616. The van der Waals surface area contributed by atoms with Gasteiger partial charge in [-0.25, -0.2) is 0 Å². The van der Waals surface area contributed by atoms with E-state index in [4.69, 9.17) is 8.83 Å². The molecule has 0 N–H and O–H groups in total. The predicted molar refractivity (Wildman–Crippen MR) is 183 cm³/mol. The van der Waals surface area contributed by atoms with E-state index in [9.17, 15) is 0 Å². The third-order valence-electron chi connectivity index (χ3n) is 8.83. The van der Waals surface area contributed by atoms with Gasteiger partial charge >= 0.3 is 0 Å². The van der Waals surface area contributed by atoms with Crippen molar-refractivity contribution in [2.45, 2.75) is 0 Å². The molecule has 2 aromatic heterocycles. The molecule has 2 heteroatoms. The molecule has 206 valence electrons. The van der Waals surface area contributed by atoms with Crippen molar-refractivity contribution in [3.05, 3.63) is 158 Å². The first kappa shape index (κ1) is 24.7. The Bertz CT molecular complexity index is 2250. The highest BCUT2D eigenvalue weighted by molar-refractivity contribution is 6.22. The molecule has 0 aliphatic carbocycles. The monoisotopic (exact) mass is 562 g/mol. The Morgan fingerprint density at radius 1 is 0.295 bits per heavy atom. The van der Waals surface area contributed by atoms with Gasteiger partial charge in [0.2, 0.25) is 0 Å². The number of rotatable bonds is 4. The normalized spacial score (nSPS) is 11.6. The number of furan rings is 2. The first-order chi connectivity index (χ1) is 21.8. The molecule has 0 saturated carbocycles. The van der Waals surface area contributed by atoms with Crippen LogP contribution in [0.4, 0.5) is 0 Å². The summed E-state index contributed by atoms with van der Waals surface area (Å²) in [6.45, 7) is 0. The molecular formula is C42H26O2. The van der Waals surface area contributed by atoms with Gasteiger partial charge in [-0.15, -0.1) is 0 Å². The van der Waals surface area contributed by atoms with E-state index in [1.54, 1.807) is 0 Å². The van der Waals surface area contributed by atoms with Gasteiger partial charge in [-0.3, -0.25) is 0 Å². The fourth-order valence-corrected chi connectivity index (χ4v) is 6.80. The molecule has 9 rings (SSSR count). The Labute approximate surface area is 254 Å². The highest BCUT2D eigenvalue weighted by atomic mass is 16.3. The van der Waals surface area contributed by atoms with Gasteiger partial charge in [-0.1, -0.05) is 121 Å². The van der Waals surface area contributed by atoms with Crippen molar-refractivity contribution >= 4 is 43.5 Å². The highest BCUT2D eigenvalue weighted by Gasteiger charge is 2.19. The predicted octanol–water partition coefficient (Wildman–Crippen LogP) is 12.2. The van der Waals surface area contributed by atoms with Crippen LogP contribution in [-0.4, -0.2) is 0 Å². The molecule has 0 fully saturated rings. The van der Waals surface area contributed by atoms with Gasteiger partial charge in [0, 0.05) is 21.9 Å². The Balaban J connectivity index is 1.31. The maximum Gasteiger partial charge on any atom is 0.134 e. The minimum absolute atomic E-state index is 0.889. The molecule has 2 nitrogen and oxygen atoms in total. The molecule has 0 aliphatic rings. The van der Waals surface area contributed by atoms with Gasteiger partial charge in [0.1, 0.15) is 11.2 Å². The van der Waals surface area contributed by atoms with E-state index in [0.29, 0.717) is 0 Å². The van der Waals surface area contributed by atoms with Gasteiger partial charge < -0.3 is 8.83 Å². The molecule has 0 amide bonds. The van der Waals surface area contributed by atoms with Crippen LogP contribution in [0.1, 0.15) is 0 Å². The highest BCUT2D eigenvalue weighted by Crippen LogP contribution is 2.46. The third-order valence-corrected chi connectivity index (χ3v) is 8.83. The SMILES string of the molecule is c1ccc(-c2coc3ccc(-c4c5ccccc5c(-c5ccc6occ(-c7ccccc7)c6c5)c5ccccc45)cc23)cc1. The van der Waals surface area contributed by atoms with Gasteiger partial charge in [-0.05, 0) is 79.2 Å². The van der Waals surface area contributed by atoms with E-state index in [1.165, 1.54) is 43.8 Å². The second-order valence-corrected chi connectivity index (χ2v) is 11.3. The average molecular weight is 563 g/mol. The molecular weight excluding hydrogens is 536 g/mol. The van der Waals surface area contributed by atoms with Crippen LogP contribution in [0.5, 0.6) is 0 Å². The van der Waals surface area contributed by atoms with E-state index < -0.39 is 0 Å². The molecule has 0 bridgehead atoms. The molecule has 0 spiro atoms. The Kier molecular flexibility index (Phi) is 5.54. The number of fused-ring (bicyclic) bond motifs is 4. The average Bonchev–Trinajstić information content (AvgIpc) is 3.72. The lowest BCUT2D eigenvalue weighted by atomic mass is 9.85. The summed E-state index contributed by atoms with van der Waals surface area (Å²) >= 11 is 0. The van der Waals surface area contributed by atoms with Crippen LogP contribution in [0.3, 0.4) is 0 Å². The summed E-state index contributed by atoms with van der Waals surface area (Å²) in [6, 6.07) is 51.7. The molecule has 0 radical (unpaired) electrons. The minimum Gasteiger partial charge on any atom is -0.464 e. The molecule has 0 unspecified atom stereocenters. The maximum absolute atomic E-state index is 6.01. The molecule has 2 heterocycles. The maximum atomic E-state index is 6.01. The molecule has 0 saturated heterocycles. The fraction of sp³-hybridized carbons (Fsp3) is 0. The smallest absolute Gasteiger partial charge is 0.134 e. The van der Waals surface area contributed by atoms with Crippen molar-refractivity contribution in [2.75, 3.05) is 0 Å². The summed E-state index contributed by atoms with van der Waals surface area (Å²) in [5, 5.41) is 7.12. The van der Waals surface area contributed by atoms with Gasteiger partial charge in [0.25, 0.3) is 0 Å². The van der Waals surface area contributed by atoms with E-state index >= 15 is 0 Å². The van der Waals surface area contributed by atoms with Crippen LogP contribution in [-0.2, 0) is 0 Å². The summed E-state index contributed by atoms with van der Waals surface area (Å²) in [5.41, 5.74) is 11.1. The van der Waals surface area contributed by atoms with E-state index in [-0.39, 0.29) is 0 Å². The zero-order chi connectivity index (χ0) is 29.0. The van der Waals surface area contributed by atoms with Gasteiger partial charge in [-0.2, -0.15) is 0 Å². The van der Waals surface area contributed by atoms with Crippen LogP contribution < -0.4 is 0 Å². The van der Waals surface area contributed by atoms with Gasteiger partial charge in [0.05, 0.1) is 12.5 Å². The van der Waals surface area contributed by atoms with Crippen LogP contribution >= 0.6 is 0 Å². The van der Waals surface area contributed by atoms with E-state index in [2.05, 4.69) is 133 Å². The first-order valence-electron chi connectivity index (χ1n) is 14.9. The largest absolute Gasteiger partial charge is 0.464 e. The standard InChI is InChI=1S/C42H26O2/c1-3-11-27(12-4-1)37-25-43-39-21-19-29(23-35(37)39)41-31-15-7-9-17-33(31)42(34-18-10-8-16-32(34)41)30-20-22-40-36(24-30)38(26-44-40)28-13-5-2-6-14-28/h1-26H. The Morgan fingerprint density at radius 3 is 1.05 bits per heavy atom. The van der Waals surface area contributed by atoms with E-state index in [1.807, 2.05) is 24.7 Å². The lowest BCUT2D eigenvalue weighted by Crippen LogP contribution is -1.91. The number of hydrogen-bond donors (Lipinski definition) is 0. The molecule has 0 aliphatic heterocycles. The lowest BCUT2D eigenvalue weighted by Gasteiger charge is -2.18. The Hall–Kier alpha value is -5.86. The Morgan fingerprint density at radius 2 is 0.659 bits per heavy atom. The zero-order valence-electron chi connectivity index (χ0n) is 23.8. The van der Waals surface area contributed by atoms with Gasteiger partial charge in [0.15, 0.2) is 0 Å². The van der Waals surface area contributed by atoms with Crippen LogP contribution in [0.2, 0.25) is 0 Å². The second-order valence-electron chi connectivity index (χ2n) is 11.3. The molecule has 0 atom stereocenters. The van der Waals surface area contributed by atoms with Crippen molar-refractivity contribution in [2.24, 2.45) is 0 Å². The second kappa shape index (κ2) is 9.86. The third kappa shape index (κ3) is 3.82. The van der Waals surface area contributed by atoms with Crippen molar-refractivity contribution in [1.29, 1.82) is 0 Å². The summed E-state index contributed by atoms with van der Waals surface area (Å²) in [5.74, 6) is 0. The van der Waals surface area contributed by atoms with Crippen molar-refractivity contribution in [3.63, 3.8) is 0 Å². The van der Waals surface area contributed by atoms with Crippen molar-refractivity contribution in [1.82, 2.24) is 0 Å². The summed E-state index contributed by atoms with van der Waals surface area (Å²) in [4.78, 5) is 0. The minimum atomic E-state index is 0.889. The first-order valence-corrected chi connectivity index (χ1v) is 14.9. The van der Waals surface area contributed by atoms with Crippen LogP contribution in [0, 0.1) is 0 Å². The molecule has 7 aromatic carbocycles. The van der Waals surface area contributed by atoms with Crippen molar-refractivity contribution in [3.8, 4) is 44.5 Å². The van der Waals surface area contributed by atoms with Crippen LogP contribution in [0.15, 0.2) is 167 Å². The van der Waals surface area contributed by atoms with Crippen LogP contribution in [0.25, 0.3) is 88.0 Å². The molecule has 44 heavy (non-hydrogen) atoms. The quantitative estimate of drug-likeness (QED) is 0.199. The summed E-state index contributed by atoms with van der Waals surface area (Å²) in [7, 11) is 0. The van der Waals surface area contributed by atoms with E-state index in [0.717, 1.165) is 44.2 Å². The zero-order valence-corrected chi connectivity index (χ0v) is 23.8. The number of benzene rings is 7. The fourth-order valence-electron chi connectivity index (χ4n) is 6.80.